The van der Waals surface area contributed by atoms with Crippen molar-refractivity contribution in [1.29, 1.82) is 0 Å². The van der Waals surface area contributed by atoms with Gasteiger partial charge in [-0.05, 0) is 41.8 Å². The Hall–Kier alpha value is -3.15. The van der Waals surface area contributed by atoms with Crippen LogP contribution in [0, 0.1) is 5.82 Å². The third-order valence-corrected chi connectivity index (χ3v) is 3.94. The van der Waals surface area contributed by atoms with Crippen LogP contribution < -0.4 is 9.47 Å². The average molecular weight is 355 g/mol. The summed E-state index contributed by atoms with van der Waals surface area (Å²) in [5.74, 6) is 0.626. The molecule has 2 aromatic carbocycles. The largest absolute Gasteiger partial charge is 0.493 e. The van der Waals surface area contributed by atoms with Crippen molar-refractivity contribution in [2.45, 2.75) is 12.8 Å². The molecular formula is C20H18FNO4. The number of esters is 1. The fourth-order valence-electron chi connectivity index (χ4n) is 2.60. The number of nitrogens with zero attached hydrogens (tertiary/aromatic N) is 1. The van der Waals surface area contributed by atoms with Gasteiger partial charge in [0.25, 0.3) is 0 Å². The molecule has 0 bridgehead atoms. The molecule has 0 aromatic heterocycles. The van der Waals surface area contributed by atoms with Crippen LogP contribution in [0.25, 0.3) is 6.08 Å². The summed E-state index contributed by atoms with van der Waals surface area (Å²) in [7, 11) is 3.09. The fourth-order valence-corrected chi connectivity index (χ4v) is 2.60. The SMILES string of the molecule is COc1ccc(/C=C2/N=C(CCc3ccccc3F)OC2=O)cc1OC. The van der Waals surface area contributed by atoms with E-state index in [1.165, 1.54) is 13.2 Å². The smallest absolute Gasteiger partial charge is 0.363 e. The van der Waals surface area contributed by atoms with Crippen LogP contribution in [0.4, 0.5) is 4.39 Å². The molecule has 0 aliphatic carbocycles. The Morgan fingerprint density at radius 3 is 2.58 bits per heavy atom. The first kappa shape index (κ1) is 17.7. The number of methoxy groups -OCH3 is 2. The summed E-state index contributed by atoms with van der Waals surface area (Å²) in [6.45, 7) is 0. The minimum Gasteiger partial charge on any atom is -0.493 e. The second-order valence-electron chi connectivity index (χ2n) is 5.63. The molecule has 26 heavy (non-hydrogen) atoms. The molecule has 0 spiro atoms. The van der Waals surface area contributed by atoms with E-state index in [1.807, 2.05) is 0 Å². The molecule has 0 N–H and O–H groups in total. The fraction of sp³-hybridized carbons (Fsp3) is 0.200. The number of aliphatic imine (C=N–C) groups is 1. The molecule has 134 valence electrons. The Kier molecular flexibility index (Phi) is 5.31. The number of cyclic esters (lactones) is 1. The average Bonchev–Trinajstić information content (AvgIpc) is 3.00. The van der Waals surface area contributed by atoms with Crippen LogP contribution in [0.1, 0.15) is 17.5 Å². The van der Waals surface area contributed by atoms with Crippen LogP contribution in [0.5, 0.6) is 11.5 Å². The summed E-state index contributed by atoms with van der Waals surface area (Å²) in [6.07, 6.45) is 2.36. The Bertz CT molecular complexity index is 889. The second-order valence-corrected chi connectivity index (χ2v) is 5.63. The number of halogens is 1. The number of benzene rings is 2. The monoisotopic (exact) mass is 355 g/mol. The summed E-state index contributed by atoms with van der Waals surface area (Å²) in [5, 5.41) is 0. The van der Waals surface area contributed by atoms with Crippen molar-refractivity contribution in [3.63, 3.8) is 0 Å². The van der Waals surface area contributed by atoms with E-state index in [4.69, 9.17) is 14.2 Å². The van der Waals surface area contributed by atoms with E-state index in [2.05, 4.69) is 4.99 Å². The normalized spacial score (nSPS) is 15.0. The topological polar surface area (TPSA) is 57.1 Å². The van der Waals surface area contributed by atoms with Gasteiger partial charge in [-0.1, -0.05) is 24.3 Å². The quantitative estimate of drug-likeness (QED) is 0.585. The first-order chi connectivity index (χ1) is 12.6. The molecule has 3 rings (SSSR count). The molecule has 1 aliphatic rings. The van der Waals surface area contributed by atoms with Crippen molar-refractivity contribution < 1.29 is 23.4 Å². The zero-order valence-electron chi connectivity index (χ0n) is 14.5. The molecule has 6 heteroatoms. The summed E-state index contributed by atoms with van der Waals surface area (Å²) in [6, 6.07) is 11.8. The highest BCUT2D eigenvalue weighted by Crippen LogP contribution is 2.29. The van der Waals surface area contributed by atoms with Gasteiger partial charge in [0.2, 0.25) is 0 Å². The predicted octanol–water partition coefficient (Wildman–Crippen LogP) is 3.77. The lowest BCUT2D eigenvalue weighted by Gasteiger charge is -2.07. The Morgan fingerprint density at radius 1 is 1.08 bits per heavy atom. The van der Waals surface area contributed by atoms with Gasteiger partial charge in [0, 0.05) is 6.42 Å². The highest BCUT2D eigenvalue weighted by molar-refractivity contribution is 6.07. The van der Waals surface area contributed by atoms with Crippen molar-refractivity contribution in [3.8, 4) is 11.5 Å². The van der Waals surface area contributed by atoms with Crippen LogP contribution in [0.15, 0.2) is 53.2 Å². The molecule has 0 fully saturated rings. The number of hydrogen-bond donors (Lipinski definition) is 0. The van der Waals surface area contributed by atoms with Gasteiger partial charge in [-0.2, -0.15) is 0 Å². The molecule has 0 saturated heterocycles. The molecule has 2 aromatic rings. The molecule has 1 heterocycles. The van der Waals surface area contributed by atoms with Gasteiger partial charge in [0.05, 0.1) is 14.2 Å². The summed E-state index contributed by atoms with van der Waals surface area (Å²) in [4.78, 5) is 16.2. The third-order valence-electron chi connectivity index (χ3n) is 3.94. The van der Waals surface area contributed by atoms with Crippen molar-refractivity contribution >= 4 is 17.9 Å². The molecule has 1 aliphatic heterocycles. The number of rotatable bonds is 6. The van der Waals surface area contributed by atoms with E-state index in [9.17, 15) is 9.18 Å². The van der Waals surface area contributed by atoms with Crippen LogP contribution in [-0.2, 0) is 16.0 Å². The molecule has 0 radical (unpaired) electrons. The highest BCUT2D eigenvalue weighted by Gasteiger charge is 2.23. The van der Waals surface area contributed by atoms with E-state index in [0.29, 0.717) is 29.9 Å². The lowest BCUT2D eigenvalue weighted by Crippen LogP contribution is -2.05. The lowest BCUT2D eigenvalue weighted by atomic mass is 10.1. The van der Waals surface area contributed by atoms with Crippen molar-refractivity contribution in [2.24, 2.45) is 4.99 Å². The van der Waals surface area contributed by atoms with Gasteiger partial charge >= 0.3 is 5.97 Å². The summed E-state index contributed by atoms with van der Waals surface area (Å²) >= 11 is 0. The first-order valence-electron chi connectivity index (χ1n) is 8.07. The van der Waals surface area contributed by atoms with Gasteiger partial charge in [-0.3, -0.25) is 0 Å². The molecule has 0 amide bonds. The third kappa shape index (κ3) is 3.91. The van der Waals surface area contributed by atoms with E-state index in [1.54, 1.807) is 49.6 Å². The Balaban J connectivity index is 1.75. The summed E-state index contributed by atoms with van der Waals surface area (Å²) < 4.78 is 29.3. The van der Waals surface area contributed by atoms with Crippen molar-refractivity contribution in [2.75, 3.05) is 14.2 Å². The predicted molar refractivity (Wildman–Crippen MR) is 95.8 cm³/mol. The molecule has 0 unspecified atom stereocenters. The lowest BCUT2D eigenvalue weighted by molar-refractivity contribution is -0.130. The van der Waals surface area contributed by atoms with Gasteiger partial charge in [0.15, 0.2) is 23.1 Å². The second kappa shape index (κ2) is 7.82. The minimum atomic E-state index is -0.525. The van der Waals surface area contributed by atoms with Gasteiger partial charge in [0.1, 0.15) is 5.82 Å². The zero-order valence-corrected chi connectivity index (χ0v) is 14.5. The van der Waals surface area contributed by atoms with E-state index in [0.717, 1.165) is 5.56 Å². The Labute approximate surface area is 150 Å². The number of ether oxygens (including phenoxy) is 3. The first-order valence-corrected chi connectivity index (χ1v) is 8.07. The van der Waals surface area contributed by atoms with E-state index < -0.39 is 5.97 Å². The van der Waals surface area contributed by atoms with Crippen LogP contribution in [0.2, 0.25) is 0 Å². The maximum absolute atomic E-state index is 13.7. The van der Waals surface area contributed by atoms with E-state index in [-0.39, 0.29) is 17.4 Å². The maximum atomic E-state index is 13.7. The molecule has 0 saturated carbocycles. The highest BCUT2D eigenvalue weighted by atomic mass is 19.1. The maximum Gasteiger partial charge on any atom is 0.363 e. The summed E-state index contributed by atoms with van der Waals surface area (Å²) in [5.41, 5.74) is 1.48. The van der Waals surface area contributed by atoms with Crippen molar-refractivity contribution in [1.82, 2.24) is 0 Å². The van der Waals surface area contributed by atoms with Gasteiger partial charge in [-0.25, -0.2) is 14.2 Å². The molecule has 0 atom stereocenters. The van der Waals surface area contributed by atoms with Crippen LogP contribution in [-0.4, -0.2) is 26.1 Å². The minimum absolute atomic E-state index is 0.195. The molecular weight excluding hydrogens is 337 g/mol. The standard InChI is InChI=1S/C20H18FNO4/c1-24-17-9-7-13(12-18(17)25-2)11-16-20(23)26-19(22-16)10-8-14-5-3-4-6-15(14)21/h3-7,9,11-12H,8,10H2,1-2H3/b16-11+. The van der Waals surface area contributed by atoms with Gasteiger partial charge < -0.3 is 14.2 Å². The van der Waals surface area contributed by atoms with Crippen LogP contribution in [0.3, 0.4) is 0 Å². The number of hydrogen-bond acceptors (Lipinski definition) is 5. The molecule has 5 nitrogen and oxygen atoms in total. The van der Waals surface area contributed by atoms with Gasteiger partial charge in [-0.15, -0.1) is 0 Å². The Morgan fingerprint density at radius 2 is 1.85 bits per heavy atom. The zero-order chi connectivity index (χ0) is 18.5. The number of carbonyl (C=O) groups is 1. The van der Waals surface area contributed by atoms with E-state index >= 15 is 0 Å². The van der Waals surface area contributed by atoms with Crippen molar-refractivity contribution in [3.05, 3.63) is 65.1 Å². The van der Waals surface area contributed by atoms with Crippen LogP contribution >= 0.6 is 0 Å². The number of aryl methyl sites for hydroxylation is 1. The number of carbonyl (C=O) groups excluding carboxylic acids is 1.